The molecule has 248 valence electrons. The summed E-state index contributed by atoms with van der Waals surface area (Å²) in [5, 5.41) is 22.3. The SMILES string of the molecule is Nc1c(Cl)cc(Cl)cc1Cl.[C-]#[N+]c1c(Cl)c(C#N)c(Cl)c(Cl)c1Nc1c(Cl)cc(Cl)cc1Cl.[C-]#[N+]c1c(Cl)c(Cl)c(Cl)c(C#N)c1Cl.[Na+].[OH-]. The Kier molecular flexibility index (Phi) is 21.3. The van der Waals surface area contributed by atoms with Crippen LogP contribution in [-0.2, 0) is 0 Å². The quantitative estimate of drug-likeness (QED) is 0.0681. The molecule has 0 saturated carbocycles. The molecule has 21 heteroatoms. The Morgan fingerprint density at radius 1 is 0.531 bits per heavy atom. The van der Waals surface area contributed by atoms with Crippen LogP contribution in [-0.4, -0.2) is 5.48 Å². The molecular weight excluding hydrogens is 920 g/mol. The summed E-state index contributed by atoms with van der Waals surface area (Å²) in [6, 6.07) is 9.59. The van der Waals surface area contributed by atoms with Gasteiger partial charge in [0, 0.05) is 10.0 Å². The number of nitriles is 2. The van der Waals surface area contributed by atoms with Crippen LogP contribution >= 0.6 is 151 Å². The molecule has 0 amide bonds. The van der Waals surface area contributed by atoms with E-state index in [4.69, 9.17) is 180 Å². The molecule has 0 aromatic heterocycles. The van der Waals surface area contributed by atoms with Crippen molar-refractivity contribution in [2.45, 2.75) is 0 Å². The molecule has 0 atom stereocenters. The van der Waals surface area contributed by atoms with Crippen molar-refractivity contribution in [2.24, 2.45) is 0 Å². The number of nitrogens with zero attached hydrogens (tertiary/aromatic N) is 4. The summed E-state index contributed by atoms with van der Waals surface area (Å²) in [7, 11) is 0. The van der Waals surface area contributed by atoms with E-state index in [0.717, 1.165) is 0 Å². The van der Waals surface area contributed by atoms with E-state index in [1.54, 1.807) is 18.2 Å². The Labute approximate surface area is 367 Å². The van der Waals surface area contributed by atoms with Crippen LogP contribution in [0.2, 0.25) is 65.3 Å². The molecular formula is C28H8Cl13N6NaO. The van der Waals surface area contributed by atoms with Crippen LogP contribution in [0, 0.1) is 35.8 Å². The van der Waals surface area contributed by atoms with E-state index in [9.17, 15) is 0 Å². The number of nitrogens with two attached hydrogens (primary N) is 1. The molecule has 4 rings (SSSR count). The summed E-state index contributed by atoms with van der Waals surface area (Å²) in [6.45, 7) is 14.1. The molecule has 0 aliphatic carbocycles. The van der Waals surface area contributed by atoms with Gasteiger partial charge in [-0.2, -0.15) is 10.5 Å². The number of halogens is 13. The van der Waals surface area contributed by atoms with E-state index in [2.05, 4.69) is 15.0 Å². The summed E-state index contributed by atoms with van der Waals surface area (Å²) in [5.41, 5.74) is 5.93. The van der Waals surface area contributed by atoms with Gasteiger partial charge >= 0.3 is 29.6 Å². The van der Waals surface area contributed by atoms with Gasteiger partial charge in [0.25, 0.3) is 0 Å². The van der Waals surface area contributed by atoms with Crippen molar-refractivity contribution in [1.29, 1.82) is 10.5 Å². The first-order valence-electron chi connectivity index (χ1n) is 11.4. The van der Waals surface area contributed by atoms with Crippen LogP contribution in [0.25, 0.3) is 9.69 Å². The molecule has 7 nitrogen and oxygen atoms in total. The third-order valence-electron chi connectivity index (χ3n) is 5.28. The summed E-state index contributed by atoms with van der Waals surface area (Å²) in [6.07, 6.45) is 0. The Bertz CT molecular complexity index is 2000. The third-order valence-corrected chi connectivity index (χ3v) is 9.85. The molecule has 0 aliphatic heterocycles. The molecule has 0 heterocycles. The number of anilines is 3. The first-order valence-corrected chi connectivity index (χ1v) is 16.3. The van der Waals surface area contributed by atoms with Gasteiger partial charge < -0.3 is 16.5 Å². The minimum atomic E-state index is -0.111. The van der Waals surface area contributed by atoms with Gasteiger partial charge in [-0.15, -0.1) is 0 Å². The van der Waals surface area contributed by atoms with Crippen molar-refractivity contribution in [1.82, 2.24) is 0 Å². The summed E-state index contributed by atoms with van der Waals surface area (Å²) in [5.74, 6) is 0. The molecule has 0 aliphatic rings. The molecule has 0 radical (unpaired) electrons. The molecule has 49 heavy (non-hydrogen) atoms. The van der Waals surface area contributed by atoms with E-state index >= 15 is 0 Å². The maximum atomic E-state index is 9.09. The number of nitrogen functional groups attached to an aromatic ring is 1. The van der Waals surface area contributed by atoms with Gasteiger partial charge in [0.2, 0.25) is 11.4 Å². The second kappa shape index (κ2) is 21.6. The molecule has 4 aromatic rings. The zero-order valence-corrected chi connectivity index (χ0v) is 35.4. The normalized spacial score (nSPS) is 9.41. The van der Waals surface area contributed by atoms with E-state index in [1.807, 2.05) is 6.07 Å². The Hall–Kier alpha value is -0.830. The standard InChI is InChI=1S/C14H3Cl6N3.C8Cl4N2.C6H4Cl3N.Na.H2O/c1-22-13-10(19)6(4-21)9(18)11(20)14(13)23-12-7(16)2-5(15)3-8(12)17;1-14-8-5(10)3(2-13)4(9)6(11)7(8)12;7-3-1-4(8)6(10)5(9)2-3;;/h2-3,23H;;1-2H,10H2;;1H2/q;;;+1;/p-1. The monoisotopic (exact) mass is 922 g/mol. The Morgan fingerprint density at radius 3 is 1.29 bits per heavy atom. The Balaban J connectivity index is 0.000000758. The van der Waals surface area contributed by atoms with Crippen molar-refractivity contribution in [3.05, 3.63) is 124 Å². The predicted molar refractivity (Wildman–Crippen MR) is 202 cm³/mol. The third kappa shape index (κ3) is 11.6. The first-order chi connectivity index (χ1) is 22.0. The van der Waals surface area contributed by atoms with Crippen LogP contribution in [0.5, 0.6) is 0 Å². The number of hydrogen-bond donors (Lipinski definition) is 2. The molecule has 0 saturated heterocycles. The van der Waals surface area contributed by atoms with Crippen LogP contribution in [0.3, 0.4) is 0 Å². The fourth-order valence-corrected chi connectivity index (χ4v) is 6.70. The van der Waals surface area contributed by atoms with Gasteiger partial charge in [0.05, 0.1) is 96.6 Å². The molecule has 4 aromatic carbocycles. The second-order valence-corrected chi connectivity index (χ2v) is 13.3. The first kappa shape index (κ1) is 48.2. The number of benzene rings is 4. The van der Waals surface area contributed by atoms with E-state index < -0.39 is 0 Å². The van der Waals surface area contributed by atoms with Gasteiger partial charge in [-0.05, 0) is 24.3 Å². The van der Waals surface area contributed by atoms with E-state index in [-0.39, 0.29) is 114 Å². The van der Waals surface area contributed by atoms with Crippen molar-refractivity contribution >= 4 is 179 Å². The van der Waals surface area contributed by atoms with Crippen LogP contribution < -0.4 is 40.6 Å². The Morgan fingerprint density at radius 2 is 0.898 bits per heavy atom. The molecule has 0 spiro atoms. The van der Waals surface area contributed by atoms with Gasteiger partial charge in [-0.25, -0.2) is 9.69 Å². The molecule has 0 unspecified atom stereocenters. The van der Waals surface area contributed by atoms with Gasteiger partial charge in [-0.3, -0.25) is 0 Å². The second-order valence-electron chi connectivity index (χ2n) is 8.12. The number of hydrogen-bond acceptors (Lipinski definition) is 5. The smallest absolute Gasteiger partial charge is 0.870 e. The van der Waals surface area contributed by atoms with Crippen LogP contribution in [0.1, 0.15) is 11.1 Å². The van der Waals surface area contributed by atoms with Crippen molar-refractivity contribution in [3.63, 3.8) is 0 Å². The summed E-state index contributed by atoms with van der Waals surface area (Å²) in [4.78, 5) is 6.37. The van der Waals surface area contributed by atoms with Crippen molar-refractivity contribution in [2.75, 3.05) is 11.1 Å². The van der Waals surface area contributed by atoms with Gasteiger partial charge in [0.1, 0.15) is 12.1 Å². The van der Waals surface area contributed by atoms with Crippen LogP contribution in [0.4, 0.5) is 28.4 Å². The molecule has 0 bridgehead atoms. The minimum absolute atomic E-state index is 0. The largest absolute Gasteiger partial charge is 1.00 e. The minimum Gasteiger partial charge on any atom is -0.870 e. The predicted octanol–water partition coefficient (Wildman–Crippen LogP) is 12.6. The zero-order chi connectivity index (χ0) is 35.9. The van der Waals surface area contributed by atoms with Crippen LogP contribution in [0.15, 0.2) is 24.3 Å². The van der Waals surface area contributed by atoms with E-state index in [1.165, 1.54) is 12.1 Å². The summed E-state index contributed by atoms with van der Waals surface area (Å²) < 4.78 is 0. The maximum absolute atomic E-state index is 9.09. The average Bonchev–Trinajstić information content (AvgIpc) is 3.00. The maximum Gasteiger partial charge on any atom is 1.00 e. The fourth-order valence-electron chi connectivity index (χ4n) is 3.12. The zero-order valence-electron chi connectivity index (χ0n) is 23.5. The van der Waals surface area contributed by atoms with Crippen molar-refractivity contribution < 1.29 is 35.0 Å². The van der Waals surface area contributed by atoms with Gasteiger partial charge in [0.15, 0.2) is 0 Å². The molecule has 0 fully saturated rings. The average molecular weight is 928 g/mol. The van der Waals surface area contributed by atoms with E-state index in [0.29, 0.717) is 25.8 Å². The number of nitrogens with one attached hydrogen (secondary N) is 1. The summed E-state index contributed by atoms with van der Waals surface area (Å²) >= 11 is 76.0. The number of rotatable bonds is 2. The van der Waals surface area contributed by atoms with Gasteiger partial charge in [-0.1, -0.05) is 151 Å². The van der Waals surface area contributed by atoms with Crippen molar-refractivity contribution in [3.8, 4) is 12.1 Å². The fraction of sp³-hybridized carbons (Fsp3) is 0. The molecule has 4 N–H and O–H groups in total. The topological polar surface area (TPSA) is 124 Å².